The summed E-state index contributed by atoms with van der Waals surface area (Å²) in [4.78, 5) is 23.7. The summed E-state index contributed by atoms with van der Waals surface area (Å²) in [7, 11) is 0. The minimum Gasteiger partial charge on any atom is -0.463 e. The highest BCUT2D eigenvalue weighted by Crippen LogP contribution is 2.30. The molecule has 1 rings (SSSR count). The van der Waals surface area contributed by atoms with Crippen molar-refractivity contribution in [3.63, 3.8) is 0 Å². The normalized spacial score (nSPS) is 17.6. The Kier molecular flexibility index (Phi) is 22.3. The third kappa shape index (κ3) is 23.0. The molecule has 0 aromatic carbocycles. The Balaban J connectivity index is 1.84. The van der Waals surface area contributed by atoms with E-state index in [1.807, 2.05) is 0 Å². The average molecular weight is 553 g/mol. The van der Waals surface area contributed by atoms with Crippen molar-refractivity contribution in [1.82, 2.24) is 0 Å². The first-order chi connectivity index (χ1) is 18.9. The number of epoxide rings is 1. The van der Waals surface area contributed by atoms with Gasteiger partial charge in [0, 0.05) is 12.8 Å². The molecule has 0 aromatic heterocycles. The lowest BCUT2D eigenvalue weighted by Gasteiger charge is -2.12. The highest BCUT2D eigenvalue weighted by molar-refractivity contribution is 5.69. The van der Waals surface area contributed by atoms with Gasteiger partial charge < -0.3 is 19.3 Å². The van der Waals surface area contributed by atoms with E-state index in [1.54, 1.807) is 0 Å². The maximum atomic E-state index is 11.9. The lowest BCUT2D eigenvalue weighted by molar-refractivity contribution is -0.152. The van der Waals surface area contributed by atoms with Crippen LogP contribution in [0.1, 0.15) is 149 Å². The Morgan fingerprint density at radius 1 is 0.744 bits per heavy atom. The van der Waals surface area contributed by atoms with Gasteiger partial charge in [0.1, 0.15) is 19.3 Å². The van der Waals surface area contributed by atoms with Crippen LogP contribution >= 0.6 is 0 Å². The highest BCUT2D eigenvalue weighted by atomic mass is 16.6. The van der Waals surface area contributed by atoms with Gasteiger partial charge in [0.2, 0.25) is 0 Å². The predicted molar refractivity (Wildman–Crippen MR) is 159 cm³/mol. The number of unbranched alkanes of at least 4 members (excludes halogenated alkanes) is 12. The minimum atomic E-state index is -0.967. The summed E-state index contributed by atoms with van der Waals surface area (Å²) < 4.78 is 16.0. The molecule has 0 spiro atoms. The summed E-state index contributed by atoms with van der Waals surface area (Å²) >= 11 is 0. The van der Waals surface area contributed by atoms with E-state index in [2.05, 4.69) is 32.9 Å². The molecule has 0 bridgehead atoms. The second-order valence-corrected chi connectivity index (χ2v) is 11.8. The molecule has 2 unspecified atom stereocenters. The van der Waals surface area contributed by atoms with Gasteiger partial charge in [-0.25, -0.2) is 0 Å². The number of carbonyl (C=O) groups is 2. The molecule has 1 N–H and O–H groups in total. The fourth-order valence-electron chi connectivity index (χ4n) is 4.75. The van der Waals surface area contributed by atoms with Crippen LogP contribution in [0.15, 0.2) is 12.2 Å². The van der Waals surface area contributed by atoms with Gasteiger partial charge in [-0.1, -0.05) is 110 Å². The molecule has 6 nitrogen and oxygen atoms in total. The van der Waals surface area contributed by atoms with Crippen LogP contribution in [0, 0.1) is 5.92 Å². The lowest BCUT2D eigenvalue weighted by Crippen LogP contribution is -2.25. The van der Waals surface area contributed by atoms with E-state index in [9.17, 15) is 14.7 Å². The highest BCUT2D eigenvalue weighted by Gasteiger charge is 2.36. The van der Waals surface area contributed by atoms with Crippen LogP contribution in [0.2, 0.25) is 0 Å². The maximum absolute atomic E-state index is 11.9. The number of hydrogen-bond donors (Lipinski definition) is 1. The number of carbonyl (C=O) groups excluding carboxylic acids is 2. The second-order valence-electron chi connectivity index (χ2n) is 11.8. The first kappa shape index (κ1) is 35.6. The van der Waals surface area contributed by atoms with E-state index < -0.39 is 6.10 Å². The molecule has 228 valence electrons. The molecule has 3 atom stereocenters. The molecule has 1 heterocycles. The monoisotopic (exact) mass is 552 g/mol. The summed E-state index contributed by atoms with van der Waals surface area (Å²) in [6, 6.07) is 0. The van der Waals surface area contributed by atoms with Crippen molar-refractivity contribution >= 4 is 11.9 Å². The van der Waals surface area contributed by atoms with Gasteiger partial charge in [0.25, 0.3) is 0 Å². The van der Waals surface area contributed by atoms with Crippen molar-refractivity contribution in [2.24, 2.45) is 5.92 Å². The molecule has 0 aliphatic carbocycles. The molecular formula is C33H60O6. The van der Waals surface area contributed by atoms with Crippen LogP contribution in [0.5, 0.6) is 0 Å². The van der Waals surface area contributed by atoms with Crippen molar-refractivity contribution in [3.05, 3.63) is 12.2 Å². The molecule has 1 aliphatic heterocycles. The average Bonchev–Trinajstić information content (AvgIpc) is 3.66. The molecule has 1 saturated heterocycles. The van der Waals surface area contributed by atoms with E-state index in [-0.39, 0.29) is 25.2 Å². The first-order valence-corrected chi connectivity index (χ1v) is 16.2. The second kappa shape index (κ2) is 24.4. The number of ether oxygens (including phenoxy) is 3. The molecule has 0 aromatic rings. The quantitative estimate of drug-likeness (QED) is 0.0478. The van der Waals surface area contributed by atoms with E-state index in [1.165, 1.54) is 64.2 Å². The van der Waals surface area contributed by atoms with Gasteiger partial charge in [0.15, 0.2) is 0 Å². The van der Waals surface area contributed by atoms with Gasteiger partial charge in [-0.05, 0) is 44.4 Å². The Morgan fingerprint density at radius 2 is 1.31 bits per heavy atom. The largest absolute Gasteiger partial charge is 0.463 e. The number of esters is 2. The third-order valence-corrected chi connectivity index (χ3v) is 7.35. The molecule has 1 fully saturated rings. The van der Waals surface area contributed by atoms with Crippen LogP contribution in [-0.2, 0) is 23.8 Å². The van der Waals surface area contributed by atoms with Gasteiger partial charge in [0.05, 0.1) is 12.2 Å². The lowest BCUT2D eigenvalue weighted by atomic mass is 10.0. The zero-order valence-corrected chi connectivity index (χ0v) is 25.5. The van der Waals surface area contributed by atoms with Crippen LogP contribution in [0.3, 0.4) is 0 Å². The number of allylic oxidation sites excluding steroid dienone is 1. The standard InChI is InChI=1S/C33H60O6/c1-4-5-16-22-30-31(39-30)23-18-13-8-6-7-9-14-19-24-32(35)37-26-29(34)27-38-33(36)25-20-15-11-10-12-17-21-28(2)3/h13,18,28-31,34H,4-12,14-17,19-27H2,1-3H3/b18-13-/t29-,30?,31?/m0/s1. The molecule has 0 radical (unpaired) electrons. The van der Waals surface area contributed by atoms with Crippen LogP contribution in [0.25, 0.3) is 0 Å². The Hall–Kier alpha value is -1.40. The predicted octanol–water partition coefficient (Wildman–Crippen LogP) is 8.24. The fraction of sp³-hybridized carbons (Fsp3) is 0.879. The SMILES string of the molecule is CCCCCC1OC1C/C=C\CCCCCCCC(=O)OC[C@H](O)COC(=O)CCCCCCCCC(C)C. The number of aliphatic hydroxyl groups is 1. The number of aliphatic hydroxyl groups excluding tert-OH is 1. The first-order valence-electron chi connectivity index (χ1n) is 16.2. The zero-order valence-electron chi connectivity index (χ0n) is 25.5. The molecular weight excluding hydrogens is 492 g/mol. The van der Waals surface area contributed by atoms with Crippen molar-refractivity contribution < 1.29 is 28.9 Å². The van der Waals surface area contributed by atoms with Gasteiger partial charge in [-0.15, -0.1) is 0 Å². The Bertz CT molecular complexity index is 632. The van der Waals surface area contributed by atoms with Gasteiger partial charge in [-0.2, -0.15) is 0 Å². The van der Waals surface area contributed by atoms with E-state index in [0.29, 0.717) is 25.0 Å². The molecule has 0 amide bonds. The summed E-state index contributed by atoms with van der Waals surface area (Å²) in [6.07, 6.45) is 25.9. The topological polar surface area (TPSA) is 85.4 Å². The van der Waals surface area contributed by atoms with Gasteiger partial charge in [-0.3, -0.25) is 9.59 Å². The Morgan fingerprint density at radius 3 is 1.90 bits per heavy atom. The van der Waals surface area contributed by atoms with E-state index >= 15 is 0 Å². The molecule has 0 saturated carbocycles. The number of rotatable bonds is 27. The molecule has 1 aliphatic rings. The minimum absolute atomic E-state index is 0.122. The Labute approximate surface area is 239 Å². The summed E-state index contributed by atoms with van der Waals surface area (Å²) in [5.74, 6) is 0.184. The van der Waals surface area contributed by atoms with E-state index in [4.69, 9.17) is 14.2 Å². The molecule has 39 heavy (non-hydrogen) atoms. The number of hydrogen-bond acceptors (Lipinski definition) is 6. The van der Waals surface area contributed by atoms with Crippen LogP contribution < -0.4 is 0 Å². The van der Waals surface area contributed by atoms with Gasteiger partial charge >= 0.3 is 11.9 Å². The smallest absolute Gasteiger partial charge is 0.305 e. The molecule has 6 heteroatoms. The van der Waals surface area contributed by atoms with Crippen LogP contribution in [-0.4, -0.2) is 48.6 Å². The summed E-state index contributed by atoms with van der Waals surface area (Å²) in [5, 5.41) is 9.93. The van der Waals surface area contributed by atoms with Crippen molar-refractivity contribution in [2.75, 3.05) is 13.2 Å². The summed E-state index contributed by atoms with van der Waals surface area (Å²) in [6.45, 7) is 6.50. The van der Waals surface area contributed by atoms with Crippen molar-refractivity contribution in [1.29, 1.82) is 0 Å². The zero-order chi connectivity index (χ0) is 28.6. The maximum Gasteiger partial charge on any atom is 0.305 e. The summed E-state index contributed by atoms with van der Waals surface area (Å²) in [5.41, 5.74) is 0. The fourth-order valence-corrected chi connectivity index (χ4v) is 4.75. The van der Waals surface area contributed by atoms with Crippen LogP contribution in [0.4, 0.5) is 0 Å². The van der Waals surface area contributed by atoms with Crippen molar-refractivity contribution in [2.45, 2.75) is 167 Å². The third-order valence-electron chi connectivity index (χ3n) is 7.35. The van der Waals surface area contributed by atoms with Crippen molar-refractivity contribution in [3.8, 4) is 0 Å². The van der Waals surface area contributed by atoms with E-state index in [0.717, 1.165) is 57.3 Å².